The third-order valence-corrected chi connectivity index (χ3v) is 6.25. The molecule has 4 amide bonds. The van der Waals surface area contributed by atoms with Crippen LogP contribution in [0, 0.1) is 0 Å². The van der Waals surface area contributed by atoms with Gasteiger partial charge in [-0.3, -0.25) is 24.6 Å². The molecule has 234 valence electrons. The fourth-order valence-corrected chi connectivity index (χ4v) is 4.46. The predicted octanol–water partition coefficient (Wildman–Crippen LogP) is 4.14. The highest BCUT2D eigenvalue weighted by atomic mass is 19.4. The van der Waals surface area contributed by atoms with Crippen LogP contribution < -0.4 is 26.0 Å². The van der Waals surface area contributed by atoms with Crippen LogP contribution in [0.1, 0.15) is 55.6 Å². The fraction of sp³-hybridized carbons (Fsp3) is 0.448. The lowest BCUT2D eigenvalue weighted by molar-refractivity contribution is -0.137. The molecule has 0 saturated carbocycles. The molecule has 2 aromatic rings. The lowest BCUT2D eigenvalue weighted by atomic mass is 10.1. The summed E-state index contributed by atoms with van der Waals surface area (Å²) in [6.45, 7) is 7.51. The molecule has 4 N–H and O–H groups in total. The second kappa shape index (κ2) is 13.8. The van der Waals surface area contributed by atoms with Crippen molar-refractivity contribution in [1.82, 2.24) is 15.5 Å². The number of ether oxygens (including phenoxy) is 2. The van der Waals surface area contributed by atoms with Crippen molar-refractivity contribution in [3.63, 3.8) is 0 Å². The Hall–Kier alpha value is -4.33. The van der Waals surface area contributed by atoms with Crippen LogP contribution in [0.5, 0.6) is 5.75 Å². The molecule has 43 heavy (non-hydrogen) atoms. The topological polar surface area (TPSA) is 138 Å². The number of halogens is 3. The van der Waals surface area contributed by atoms with E-state index < -0.39 is 47.4 Å². The number of rotatable bonds is 9. The van der Waals surface area contributed by atoms with Crippen molar-refractivity contribution in [2.75, 3.05) is 37.4 Å². The third kappa shape index (κ3) is 10.2. The Morgan fingerprint density at radius 3 is 2.35 bits per heavy atom. The van der Waals surface area contributed by atoms with Gasteiger partial charge < -0.3 is 25.4 Å². The van der Waals surface area contributed by atoms with Crippen molar-refractivity contribution in [3.05, 3.63) is 53.1 Å². The highest BCUT2D eigenvalue weighted by Crippen LogP contribution is 2.32. The third-order valence-electron chi connectivity index (χ3n) is 6.25. The first-order valence-corrected chi connectivity index (χ1v) is 13.5. The molecule has 14 heteroatoms. The van der Waals surface area contributed by atoms with E-state index in [0.29, 0.717) is 43.6 Å². The predicted molar refractivity (Wildman–Crippen MR) is 153 cm³/mol. The number of likely N-dealkylation sites (tertiary alicyclic amines) is 1. The van der Waals surface area contributed by atoms with Gasteiger partial charge in [0.2, 0.25) is 11.8 Å². The summed E-state index contributed by atoms with van der Waals surface area (Å²) in [5.74, 6) is -1.19. The Morgan fingerprint density at radius 2 is 1.72 bits per heavy atom. The monoisotopic (exact) mass is 607 g/mol. The number of carbonyl (C=O) groups excluding carboxylic acids is 4. The number of carbonyl (C=O) groups is 4. The van der Waals surface area contributed by atoms with E-state index in [1.807, 2.05) is 12.1 Å². The van der Waals surface area contributed by atoms with Gasteiger partial charge in [-0.2, -0.15) is 13.2 Å². The summed E-state index contributed by atoms with van der Waals surface area (Å²) >= 11 is 0. The molecule has 0 aromatic heterocycles. The Bertz CT molecular complexity index is 1360. The van der Waals surface area contributed by atoms with E-state index in [2.05, 4.69) is 26.2 Å². The smallest absolute Gasteiger partial charge is 0.416 e. The number of methoxy groups -OCH3 is 1. The maximum absolute atomic E-state index is 13.3. The van der Waals surface area contributed by atoms with E-state index in [1.54, 1.807) is 26.8 Å². The number of nitrogens with zero attached hydrogens (tertiary/aromatic N) is 1. The maximum atomic E-state index is 13.3. The fourth-order valence-electron chi connectivity index (χ4n) is 4.46. The van der Waals surface area contributed by atoms with Crippen LogP contribution in [0.15, 0.2) is 36.4 Å². The first kappa shape index (κ1) is 33.2. The summed E-state index contributed by atoms with van der Waals surface area (Å²) in [5, 5.41) is 10.2. The molecule has 0 radical (unpaired) electrons. The van der Waals surface area contributed by atoms with Crippen LogP contribution in [0.3, 0.4) is 0 Å². The number of benzene rings is 2. The van der Waals surface area contributed by atoms with E-state index in [4.69, 9.17) is 9.47 Å². The van der Waals surface area contributed by atoms with Crippen molar-refractivity contribution in [1.29, 1.82) is 0 Å². The van der Waals surface area contributed by atoms with Crippen molar-refractivity contribution in [2.24, 2.45) is 0 Å². The molecule has 0 unspecified atom stereocenters. The van der Waals surface area contributed by atoms with Crippen molar-refractivity contribution < 1.29 is 41.8 Å². The second-order valence-electron chi connectivity index (χ2n) is 11.1. The van der Waals surface area contributed by atoms with E-state index in [9.17, 15) is 32.3 Å². The average Bonchev–Trinajstić information content (AvgIpc) is 3.32. The molecule has 1 saturated heterocycles. The van der Waals surface area contributed by atoms with Crippen molar-refractivity contribution >= 4 is 35.2 Å². The molecule has 0 spiro atoms. The van der Waals surface area contributed by atoms with Crippen molar-refractivity contribution in [2.45, 2.75) is 58.5 Å². The van der Waals surface area contributed by atoms with Gasteiger partial charge in [0, 0.05) is 32.6 Å². The van der Waals surface area contributed by atoms with Crippen LogP contribution >= 0.6 is 0 Å². The number of amides is 4. The summed E-state index contributed by atoms with van der Waals surface area (Å²) in [6, 6.07) is 7.54. The minimum absolute atomic E-state index is 0.202. The lowest BCUT2D eigenvalue weighted by Gasteiger charge is -2.21. The minimum Gasteiger partial charge on any atom is -0.495 e. The van der Waals surface area contributed by atoms with E-state index in [1.165, 1.54) is 14.0 Å². The number of anilines is 2. The maximum Gasteiger partial charge on any atom is 0.416 e. The molecule has 1 atom stereocenters. The number of nitrogens with one attached hydrogen (secondary N) is 4. The Balaban J connectivity index is 1.58. The quantitative estimate of drug-likeness (QED) is 0.336. The zero-order valence-electron chi connectivity index (χ0n) is 24.6. The Morgan fingerprint density at radius 1 is 1.00 bits per heavy atom. The number of hydrogen-bond acceptors (Lipinski definition) is 7. The van der Waals surface area contributed by atoms with E-state index >= 15 is 0 Å². The number of hydrogen-bond donors (Lipinski definition) is 4. The molecular formula is C29H36F3N5O6. The zero-order chi connectivity index (χ0) is 31.9. The summed E-state index contributed by atoms with van der Waals surface area (Å²) in [6.07, 6.45) is -5.04. The Labute approximate surface area is 247 Å². The standard InChI is InChI=1S/C29H36F3N5O6/c1-17(38)34-23-12-18(6-9-24(23)42-5)15-37-11-10-20(16-37)35-25(39)14-33-26(40)21-13-19(29(30,31)32)7-8-22(21)36-27(41)43-28(2,3)4/h6-9,12-13,20H,10-11,14-16H2,1-5H3,(H,33,40)(H,34,38)(H,35,39)(H,36,41)/t20-/m1/s1. The molecule has 3 rings (SSSR count). The second-order valence-corrected chi connectivity index (χ2v) is 11.1. The highest BCUT2D eigenvalue weighted by molar-refractivity contribution is 6.04. The van der Waals surface area contributed by atoms with Crippen LogP contribution in [-0.2, 0) is 27.0 Å². The molecule has 1 aliphatic rings. The van der Waals surface area contributed by atoms with Gasteiger partial charge in [-0.05, 0) is 63.1 Å². The molecule has 2 aromatic carbocycles. The van der Waals surface area contributed by atoms with Crippen LogP contribution in [0.2, 0.25) is 0 Å². The van der Waals surface area contributed by atoms with Gasteiger partial charge in [0.25, 0.3) is 5.91 Å². The van der Waals surface area contributed by atoms with Gasteiger partial charge in [0.05, 0.1) is 36.2 Å². The minimum atomic E-state index is -4.73. The lowest BCUT2D eigenvalue weighted by Crippen LogP contribution is -2.43. The zero-order valence-corrected chi connectivity index (χ0v) is 24.6. The van der Waals surface area contributed by atoms with Gasteiger partial charge in [-0.25, -0.2) is 4.79 Å². The summed E-state index contributed by atoms with van der Waals surface area (Å²) < 4.78 is 50.4. The molecular weight excluding hydrogens is 571 g/mol. The summed E-state index contributed by atoms with van der Waals surface area (Å²) in [5.41, 5.74) is -1.16. The van der Waals surface area contributed by atoms with Gasteiger partial charge in [0.15, 0.2) is 0 Å². The highest BCUT2D eigenvalue weighted by Gasteiger charge is 2.32. The molecule has 0 aliphatic carbocycles. The average molecular weight is 608 g/mol. The van der Waals surface area contributed by atoms with Crippen LogP contribution in [0.4, 0.5) is 29.3 Å². The molecule has 1 aliphatic heterocycles. The first-order chi connectivity index (χ1) is 20.0. The molecule has 11 nitrogen and oxygen atoms in total. The van der Waals surface area contributed by atoms with Gasteiger partial charge in [0.1, 0.15) is 11.4 Å². The van der Waals surface area contributed by atoms with Crippen LogP contribution in [0.25, 0.3) is 0 Å². The Kier molecular flexibility index (Phi) is 10.6. The van der Waals surface area contributed by atoms with Gasteiger partial charge in [-0.1, -0.05) is 6.07 Å². The van der Waals surface area contributed by atoms with Crippen LogP contribution in [-0.4, -0.2) is 67.1 Å². The van der Waals surface area contributed by atoms with Crippen molar-refractivity contribution in [3.8, 4) is 5.75 Å². The SMILES string of the molecule is COc1ccc(CN2CC[C@@H](NC(=O)CNC(=O)c3cc(C(F)(F)F)ccc3NC(=O)OC(C)(C)C)C2)cc1NC(C)=O. The summed E-state index contributed by atoms with van der Waals surface area (Å²) in [7, 11) is 1.51. The molecule has 1 heterocycles. The summed E-state index contributed by atoms with van der Waals surface area (Å²) in [4.78, 5) is 51.3. The van der Waals surface area contributed by atoms with E-state index in [0.717, 1.165) is 17.7 Å². The molecule has 0 bridgehead atoms. The van der Waals surface area contributed by atoms with E-state index in [-0.39, 0.29) is 17.6 Å². The largest absolute Gasteiger partial charge is 0.495 e. The first-order valence-electron chi connectivity index (χ1n) is 13.5. The normalized spacial score (nSPS) is 15.4. The van der Waals surface area contributed by atoms with Gasteiger partial charge >= 0.3 is 12.3 Å². The van der Waals surface area contributed by atoms with Gasteiger partial charge in [-0.15, -0.1) is 0 Å². The number of alkyl halides is 3. The molecule has 1 fully saturated rings.